The Morgan fingerprint density at radius 2 is 1.14 bits per heavy atom. The van der Waals surface area contributed by atoms with Crippen molar-refractivity contribution in [3.05, 3.63) is 126 Å². The number of hydrogen-bond donors (Lipinski definition) is 0. The molecule has 0 amide bonds. The monoisotopic (exact) mass is 475 g/mol. The summed E-state index contributed by atoms with van der Waals surface area (Å²) in [7, 11) is 0. The van der Waals surface area contributed by atoms with Gasteiger partial charge in [-0.1, -0.05) is 78.4 Å². The molecule has 36 heavy (non-hydrogen) atoms. The number of benzene rings is 4. The van der Waals surface area contributed by atoms with Gasteiger partial charge in [-0.05, 0) is 86.2 Å². The summed E-state index contributed by atoms with van der Waals surface area (Å²) in [4.78, 5) is 13.4. The van der Waals surface area contributed by atoms with Gasteiger partial charge in [0.25, 0.3) is 0 Å². The smallest absolute Gasteiger partial charge is 0.330 e. The Labute approximate surface area is 214 Å². The number of anilines is 3. The summed E-state index contributed by atoms with van der Waals surface area (Å²) < 4.78 is 5.04. The minimum atomic E-state index is -0.355. The van der Waals surface area contributed by atoms with Crippen molar-refractivity contribution in [3.8, 4) is 11.1 Å². The molecule has 0 radical (unpaired) electrons. The molecule has 0 unspecified atom stereocenters. The lowest BCUT2D eigenvalue weighted by atomic mass is 10.0. The minimum absolute atomic E-state index is 0.355. The quantitative estimate of drug-likeness (QED) is 0.131. The molecule has 0 heterocycles. The Bertz CT molecular complexity index is 1230. The molecule has 0 aliphatic rings. The maximum Gasteiger partial charge on any atom is 0.330 e. The summed E-state index contributed by atoms with van der Waals surface area (Å²) in [5.74, 6) is -0.355. The van der Waals surface area contributed by atoms with E-state index in [0.29, 0.717) is 6.61 Å². The fourth-order valence-corrected chi connectivity index (χ4v) is 4.16. The molecule has 4 aromatic carbocycles. The Balaban J connectivity index is 1.46. The van der Waals surface area contributed by atoms with Crippen molar-refractivity contribution >= 4 is 23.0 Å². The predicted molar refractivity (Wildman–Crippen MR) is 150 cm³/mol. The van der Waals surface area contributed by atoms with Crippen molar-refractivity contribution in [1.82, 2.24) is 0 Å². The number of ether oxygens (including phenoxy) is 1. The third-order valence-electron chi connectivity index (χ3n) is 6.27. The Kier molecular flexibility index (Phi) is 8.36. The average molecular weight is 476 g/mol. The fourth-order valence-electron chi connectivity index (χ4n) is 4.16. The number of rotatable bonds is 10. The van der Waals surface area contributed by atoms with Crippen LogP contribution in [0.5, 0.6) is 0 Å². The second-order valence-corrected chi connectivity index (χ2v) is 9.08. The summed E-state index contributed by atoms with van der Waals surface area (Å²) in [5, 5.41) is 0. The molecule has 0 atom stereocenters. The van der Waals surface area contributed by atoms with Crippen LogP contribution in [-0.2, 0) is 16.0 Å². The number of unbranched alkanes of at least 4 members (excludes halogenated alkanes) is 1. The lowest BCUT2D eigenvalue weighted by Gasteiger charge is -2.26. The highest BCUT2D eigenvalue weighted by molar-refractivity contribution is 5.81. The molecule has 0 aliphatic heterocycles. The van der Waals surface area contributed by atoms with Gasteiger partial charge in [0.2, 0.25) is 0 Å². The van der Waals surface area contributed by atoms with Gasteiger partial charge in [0, 0.05) is 23.1 Å². The van der Waals surface area contributed by atoms with Crippen molar-refractivity contribution in [2.24, 2.45) is 0 Å². The normalized spacial score (nSPS) is 10.6. The molecule has 0 saturated carbocycles. The van der Waals surface area contributed by atoms with Crippen LogP contribution >= 0.6 is 0 Å². The van der Waals surface area contributed by atoms with Crippen LogP contribution in [0.15, 0.2) is 110 Å². The molecule has 0 saturated heterocycles. The molecule has 182 valence electrons. The van der Waals surface area contributed by atoms with E-state index in [0.717, 1.165) is 36.3 Å². The molecule has 3 heteroatoms. The van der Waals surface area contributed by atoms with Crippen LogP contribution in [-0.4, -0.2) is 12.6 Å². The molecule has 0 aliphatic carbocycles. The van der Waals surface area contributed by atoms with Crippen LogP contribution in [0, 0.1) is 13.8 Å². The van der Waals surface area contributed by atoms with Gasteiger partial charge in [0.1, 0.15) is 0 Å². The van der Waals surface area contributed by atoms with Gasteiger partial charge in [-0.2, -0.15) is 0 Å². The van der Waals surface area contributed by atoms with Gasteiger partial charge >= 0.3 is 5.97 Å². The highest BCUT2D eigenvalue weighted by Crippen LogP contribution is 2.35. The molecule has 4 aromatic rings. The van der Waals surface area contributed by atoms with Crippen LogP contribution in [0.3, 0.4) is 0 Å². The number of nitrogens with zero attached hydrogens (tertiary/aromatic N) is 1. The van der Waals surface area contributed by atoms with Gasteiger partial charge in [0.15, 0.2) is 0 Å². The van der Waals surface area contributed by atoms with Crippen LogP contribution in [0.25, 0.3) is 11.1 Å². The van der Waals surface area contributed by atoms with E-state index in [1.807, 2.05) is 0 Å². The van der Waals surface area contributed by atoms with E-state index in [1.54, 1.807) is 0 Å². The second-order valence-electron chi connectivity index (χ2n) is 9.08. The van der Waals surface area contributed by atoms with Gasteiger partial charge in [-0.25, -0.2) is 4.79 Å². The largest absolute Gasteiger partial charge is 0.463 e. The number of hydrogen-bond acceptors (Lipinski definition) is 3. The Morgan fingerprint density at radius 3 is 1.61 bits per heavy atom. The maximum atomic E-state index is 11.1. The van der Waals surface area contributed by atoms with E-state index in [9.17, 15) is 4.79 Å². The lowest BCUT2D eigenvalue weighted by Crippen LogP contribution is -2.09. The molecular formula is C33H33NO2. The lowest BCUT2D eigenvalue weighted by molar-refractivity contribution is -0.137. The third kappa shape index (κ3) is 6.51. The van der Waals surface area contributed by atoms with Gasteiger partial charge in [-0.15, -0.1) is 0 Å². The first-order valence-corrected chi connectivity index (χ1v) is 12.5. The minimum Gasteiger partial charge on any atom is -0.463 e. The molecule has 3 nitrogen and oxygen atoms in total. The second kappa shape index (κ2) is 12.0. The van der Waals surface area contributed by atoms with E-state index in [1.165, 1.54) is 33.9 Å². The van der Waals surface area contributed by atoms with Crippen LogP contribution in [0.1, 0.15) is 29.5 Å². The first-order valence-electron chi connectivity index (χ1n) is 12.5. The van der Waals surface area contributed by atoms with Crippen LogP contribution < -0.4 is 4.90 Å². The van der Waals surface area contributed by atoms with E-state index in [4.69, 9.17) is 4.74 Å². The Hall–Kier alpha value is -4.11. The SMILES string of the molecule is C=CC(=O)OCCCCc1ccc(-c2ccc(N(c3ccc(C)cc3)c3ccc(C)cc3)cc2)cc1. The molecule has 0 spiro atoms. The first-order chi connectivity index (χ1) is 17.5. The zero-order chi connectivity index (χ0) is 25.3. The Morgan fingerprint density at radius 1 is 0.694 bits per heavy atom. The van der Waals surface area contributed by atoms with Crippen molar-refractivity contribution < 1.29 is 9.53 Å². The highest BCUT2D eigenvalue weighted by atomic mass is 16.5. The van der Waals surface area contributed by atoms with Crippen molar-refractivity contribution in [2.75, 3.05) is 11.5 Å². The van der Waals surface area contributed by atoms with Gasteiger partial charge in [0.05, 0.1) is 6.61 Å². The first kappa shape index (κ1) is 25.0. The molecule has 0 fully saturated rings. The van der Waals surface area contributed by atoms with E-state index < -0.39 is 0 Å². The standard InChI is InChI=1S/C33H33NO2/c1-4-33(35)36-24-6-5-7-27-12-14-28(15-13-27)29-16-22-32(23-17-29)34(30-18-8-25(2)9-19-30)31-20-10-26(3)11-21-31/h4,8-23H,1,5-7,24H2,2-3H3. The molecule has 4 rings (SSSR count). The topological polar surface area (TPSA) is 29.5 Å². The van der Waals surface area contributed by atoms with E-state index in [2.05, 4.69) is 122 Å². The third-order valence-corrected chi connectivity index (χ3v) is 6.27. The summed E-state index contributed by atoms with van der Waals surface area (Å²) in [5.41, 5.74) is 9.57. The molecule has 0 aromatic heterocycles. The highest BCUT2D eigenvalue weighted by Gasteiger charge is 2.12. The number of carbonyl (C=O) groups excluding carboxylic acids is 1. The number of carbonyl (C=O) groups is 1. The molecule has 0 bridgehead atoms. The molecule has 0 N–H and O–H groups in total. The van der Waals surface area contributed by atoms with Crippen LogP contribution in [0.2, 0.25) is 0 Å². The summed E-state index contributed by atoms with van der Waals surface area (Å²) >= 11 is 0. The zero-order valence-corrected chi connectivity index (χ0v) is 21.1. The number of esters is 1. The summed E-state index contributed by atoms with van der Waals surface area (Å²) in [6.45, 7) is 8.08. The van der Waals surface area contributed by atoms with Gasteiger partial charge in [-0.3, -0.25) is 0 Å². The van der Waals surface area contributed by atoms with Crippen LogP contribution in [0.4, 0.5) is 17.1 Å². The van der Waals surface area contributed by atoms with Crippen molar-refractivity contribution in [3.63, 3.8) is 0 Å². The number of aryl methyl sites for hydroxylation is 3. The van der Waals surface area contributed by atoms with Gasteiger partial charge < -0.3 is 9.64 Å². The maximum absolute atomic E-state index is 11.1. The fraction of sp³-hybridized carbons (Fsp3) is 0.182. The van der Waals surface area contributed by atoms with Crippen molar-refractivity contribution in [1.29, 1.82) is 0 Å². The molecular weight excluding hydrogens is 442 g/mol. The summed E-state index contributed by atoms with van der Waals surface area (Å²) in [6.07, 6.45) is 3.99. The average Bonchev–Trinajstić information content (AvgIpc) is 2.91. The van der Waals surface area contributed by atoms with E-state index >= 15 is 0 Å². The van der Waals surface area contributed by atoms with E-state index in [-0.39, 0.29) is 5.97 Å². The summed E-state index contributed by atoms with van der Waals surface area (Å²) in [6, 6.07) is 34.8. The zero-order valence-electron chi connectivity index (χ0n) is 21.1. The van der Waals surface area contributed by atoms with Crippen molar-refractivity contribution in [2.45, 2.75) is 33.1 Å². The predicted octanol–water partition coefficient (Wildman–Crippen LogP) is 8.49.